The molecule has 9 heteroatoms. The fourth-order valence-corrected chi connectivity index (χ4v) is 4.68. The number of carbonyl (C=O) groups excluding carboxylic acids is 1. The van der Waals surface area contributed by atoms with E-state index in [1.807, 2.05) is 0 Å². The Hall–Kier alpha value is -1.19. The summed E-state index contributed by atoms with van der Waals surface area (Å²) >= 11 is 0. The van der Waals surface area contributed by atoms with E-state index in [0.29, 0.717) is 31.6 Å². The van der Waals surface area contributed by atoms with E-state index < -0.39 is 21.0 Å². The van der Waals surface area contributed by atoms with Crippen LogP contribution in [0.4, 0.5) is 0 Å². The molecule has 0 unspecified atom stereocenters. The summed E-state index contributed by atoms with van der Waals surface area (Å²) in [5.41, 5.74) is 5.15. The first-order valence-corrected chi connectivity index (χ1v) is 10.3. The van der Waals surface area contributed by atoms with E-state index in [-0.39, 0.29) is 36.3 Å². The van der Waals surface area contributed by atoms with Crippen molar-refractivity contribution in [3.8, 4) is 0 Å². The second-order valence-electron chi connectivity index (χ2n) is 7.74. The monoisotopic (exact) mass is 419 g/mol. The van der Waals surface area contributed by atoms with Crippen LogP contribution in [0.5, 0.6) is 0 Å². The standard InChI is InChI=1S/C18H29N3O4S.ClH/c1-17(2,3)21-26(23,24)15-7-5-4-6-14(15)12-20-16(22)18(13-19)8-10-25-11-9-18;/h4-7,21H,8-13,19H2,1-3H3,(H,20,22);1H. The number of hydrogen-bond donors (Lipinski definition) is 3. The van der Waals surface area contributed by atoms with Gasteiger partial charge in [-0.25, -0.2) is 13.1 Å². The Bertz CT molecular complexity index is 741. The molecule has 1 aliphatic heterocycles. The number of nitrogens with two attached hydrogens (primary N) is 1. The molecule has 2 rings (SSSR count). The van der Waals surface area contributed by atoms with Crippen molar-refractivity contribution in [3.63, 3.8) is 0 Å². The lowest BCUT2D eigenvalue weighted by Crippen LogP contribution is -2.49. The molecule has 0 aromatic heterocycles. The lowest BCUT2D eigenvalue weighted by Gasteiger charge is -2.34. The van der Waals surface area contributed by atoms with Crippen LogP contribution >= 0.6 is 12.4 Å². The van der Waals surface area contributed by atoms with Gasteiger partial charge < -0.3 is 15.8 Å². The Balaban J connectivity index is 0.00000364. The number of halogens is 1. The molecule has 0 radical (unpaired) electrons. The highest BCUT2D eigenvalue weighted by Crippen LogP contribution is 2.29. The van der Waals surface area contributed by atoms with Crippen molar-refractivity contribution in [1.82, 2.24) is 10.0 Å². The van der Waals surface area contributed by atoms with Gasteiger partial charge in [-0.3, -0.25) is 4.79 Å². The first kappa shape index (κ1) is 23.8. The highest BCUT2D eigenvalue weighted by molar-refractivity contribution is 7.89. The molecule has 0 saturated carbocycles. The van der Waals surface area contributed by atoms with Crippen molar-refractivity contribution >= 4 is 28.3 Å². The van der Waals surface area contributed by atoms with Crippen LogP contribution in [0.2, 0.25) is 0 Å². The topological polar surface area (TPSA) is 111 Å². The van der Waals surface area contributed by atoms with Gasteiger partial charge in [0, 0.05) is 31.8 Å². The van der Waals surface area contributed by atoms with Gasteiger partial charge in [-0.05, 0) is 45.2 Å². The minimum Gasteiger partial charge on any atom is -0.381 e. The van der Waals surface area contributed by atoms with Gasteiger partial charge in [0.1, 0.15) is 0 Å². The van der Waals surface area contributed by atoms with Crippen LogP contribution in [-0.4, -0.2) is 39.6 Å². The van der Waals surface area contributed by atoms with Crippen molar-refractivity contribution < 1.29 is 17.9 Å². The van der Waals surface area contributed by atoms with E-state index in [1.165, 1.54) is 0 Å². The van der Waals surface area contributed by atoms with Gasteiger partial charge in [-0.2, -0.15) is 0 Å². The zero-order chi connectivity index (χ0) is 19.4. The summed E-state index contributed by atoms with van der Waals surface area (Å²) < 4.78 is 33.3. The maximum absolute atomic E-state index is 12.7. The molecule has 0 spiro atoms. The van der Waals surface area contributed by atoms with Gasteiger partial charge in [0.05, 0.1) is 10.3 Å². The van der Waals surface area contributed by atoms with Crippen LogP contribution in [0.25, 0.3) is 0 Å². The molecule has 1 amide bonds. The second kappa shape index (κ2) is 9.34. The number of nitrogens with one attached hydrogen (secondary N) is 2. The van der Waals surface area contributed by atoms with Crippen molar-refractivity contribution in [2.75, 3.05) is 19.8 Å². The maximum atomic E-state index is 12.7. The fourth-order valence-electron chi connectivity index (χ4n) is 3.02. The molecule has 0 atom stereocenters. The molecule has 1 aliphatic rings. The Morgan fingerprint density at radius 1 is 1.22 bits per heavy atom. The third-order valence-electron chi connectivity index (χ3n) is 4.46. The van der Waals surface area contributed by atoms with Gasteiger partial charge >= 0.3 is 0 Å². The quantitative estimate of drug-likeness (QED) is 0.648. The van der Waals surface area contributed by atoms with Crippen LogP contribution in [0, 0.1) is 5.41 Å². The number of ether oxygens (including phenoxy) is 1. The largest absolute Gasteiger partial charge is 0.381 e. The van der Waals surface area contributed by atoms with Crippen molar-refractivity contribution in [2.45, 2.75) is 50.6 Å². The SMILES string of the molecule is CC(C)(C)NS(=O)(=O)c1ccccc1CNC(=O)C1(CN)CCOCC1.Cl. The fraction of sp³-hybridized carbons (Fsp3) is 0.611. The summed E-state index contributed by atoms with van der Waals surface area (Å²) in [6.45, 7) is 6.73. The number of hydrogen-bond acceptors (Lipinski definition) is 5. The van der Waals surface area contributed by atoms with E-state index in [9.17, 15) is 13.2 Å². The summed E-state index contributed by atoms with van der Waals surface area (Å²) in [5.74, 6) is -0.153. The lowest BCUT2D eigenvalue weighted by atomic mass is 9.79. The van der Waals surface area contributed by atoms with Gasteiger partial charge in [0.15, 0.2) is 0 Å². The number of sulfonamides is 1. The van der Waals surface area contributed by atoms with E-state index in [4.69, 9.17) is 10.5 Å². The average molecular weight is 420 g/mol. The molecular formula is C18H30ClN3O4S. The van der Waals surface area contributed by atoms with Crippen LogP contribution in [0.1, 0.15) is 39.2 Å². The third kappa shape index (κ3) is 6.15. The maximum Gasteiger partial charge on any atom is 0.241 e. The third-order valence-corrected chi connectivity index (χ3v) is 6.32. The number of amides is 1. The van der Waals surface area contributed by atoms with E-state index in [0.717, 1.165) is 0 Å². The molecule has 0 aliphatic carbocycles. The van der Waals surface area contributed by atoms with Gasteiger partial charge in [0.25, 0.3) is 0 Å². The molecule has 1 aromatic rings. The summed E-state index contributed by atoms with van der Waals surface area (Å²) in [6.07, 6.45) is 1.14. The molecule has 1 saturated heterocycles. The number of benzene rings is 1. The van der Waals surface area contributed by atoms with E-state index in [1.54, 1.807) is 45.0 Å². The molecule has 1 aromatic carbocycles. The van der Waals surface area contributed by atoms with Crippen molar-refractivity contribution in [1.29, 1.82) is 0 Å². The number of rotatable bonds is 6. The Labute approximate surface area is 167 Å². The molecule has 4 N–H and O–H groups in total. The van der Waals surface area contributed by atoms with Gasteiger partial charge in [-0.15, -0.1) is 12.4 Å². The minimum absolute atomic E-state index is 0. The first-order valence-electron chi connectivity index (χ1n) is 8.78. The second-order valence-corrected chi connectivity index (χ2v) is 9.39. The van der Waals surface area contributed by atoms with Crippen LogP contribution in [-0.2, 0) is 26.1 Å². The normalized spacial score (nSPS) is 17.0. The highest BCUT2D eigenvalue weighted by Gasteiger charge is 2.38. The zero-order valence-electron chi connectivity index (χ0n) is 16.1. The minimum atomic E-state index is -3.69. The first-order chi connectivity index (χ1) is 12.1. The summed E-state index contributed by atoms with van der Waals surface area (Å²) in [7, 11) is -3.69. The molecule has 27 heavy (non-hydrogen) atoms. The molecule has 154 valence electrons. The lowest BCUT2D eigenvalue weighted by molar-refractivity contribution is -0.136. The summed E-state index contributed by atoms with van der Waals surface area (Å²) in [5, 5.41) is 2.87. The molecule has 1 heterocycles. The van der Waals surface area contributed by atoms with Crippen LogP contribution in [0.3, 0.4) is 0 Å². The van der Waals surface area contributed by atoms with Gasteiger partial charge in [0.2, 0.25) is 15.9 Å². The predicted molar refractivity (Wildman–Crippen MR) is 107 cm³/mol. The number of carbonyl (C=O) groups is 1. The predicted octanol–water partition coefficient (Wildman–Crippen LogP) is 1.56. The molecule has 1 fully saturated rings. The summed E-state index contributed by atoms with van der Waals surface area (Å²) in [6, 6.07) is 6.67. The Morgan fingerprint density at radius 3 is 2.37 bits per heavy atom. The van der Waals surface area contributed by atoms with E-state index >= 15 is 0 Å². The Kier molecular flexibility index (Phi) is 8.25. The van der Waals surface area contributed by atoms with Crippen LogP contribution in [0.15, 0.2) is 29.2 Å². The molecular weight excluding hydrogens is 390 g/mol. The smallest absolute Gasteiger partial charge is 0.241 e. The average Bonchev–Trinajstić information content (AvgIpc) is 2.58. The van der Waals surface area contributed by atoms with Crippen LogP contribution < -0.4 is 15.8 Å². The Morgan fingerprint density at radius 2 is 1.81 bits per heavy atom. The molecule has 0 bridgehead atoms. The van der Waals surface area contributed by atoms with E-state index in [2.05, 4.69) is 10.0 Å². The van der Waals surface area contributed by atoms with Crippen molar-refractivity contribution in [3.05, 3.63) is 29.8 Å². The summed E-state index contributed by atoms with van der Waals surface area (Å²) in [4.78, 5) is 12.9. The van der Waals surface area contributed by atoms with Gasteiger partial charge in [-0.1, -0.05) is 18.2 Å². The highest BCUT2D eigenvalue weighted by atomic mass is 35.5. The zero-order valence-corrected chi connectivity index (χ0v) is 17.7. The van der Waals surface area contributed by atoms with Crippen molar-refractivity contribution in [2.24, 2.45) is 11.1 Å². The molecule has 7 nitrogen and oxygen atoms in total.